The second-order valence-corrected chi connectivity index (χ2v) is 4.15. The minimum Gasteiger partial charge on any atom is -0.249 e. The van der Waals surface area contributed by atoms with Crippen LogP contribution >= 0.6 is 0 Å². The molecule has 0 aliphatic carbocycles. The molecule has 0 amide bonds. The van der Waals surface area contributed by atoms with Crippen LogP contribution in [0.5, 0.6) is 0 Å². The van der Waals surface area contributed by atoms with Crippen molar-refractivity contribution in [3.8, 4) is 0 Å². The molecule has 80 valence electrons. The molecule has 0 aliphatic heterocycles. The number of nitrogens with zero attached hydrogens (tertiary/aromatic N) is 3. The summed E-state index contributed by atoms with van der Waals surface area (Å²) in [6.07, 6.45) is 3.30. The Kier molecular flexibility index (Phi) is 4.11. The van der Waals surface area contributed by atoms with Crippen molar-refractivity contribution in [2.24, 2.45) is 5.92 Å². The molecule has 0 N–H and O–H groups in total. The monoisotopic (exact) mass is 195 g/mol. The van der Waals surface area contributed by atoms with Gasteiger partial charge in [0, 0.05) is 6.54 Å². The maximum atomic E-state index is 4.24. The van der Waals surface area contributed by atoms with Crippen molar-refractivity contribution >= 4 is 0 Å². The van der Waals surface area contributed by atoms with Crippen molar-refractivity contribution in [2.75, 3.05) is 0 Å². The molecule has 0 atom stereocenters. The Labute approximate surface area is 86.5 Å². The van der Waals surface area contributed by atoms with Gasteiger partial charge >= 0.3 is 0 Å². The predicted molar refractivity (Wildman–Crippen MR) is 58.2 cm³/mol. The van der Waals surface area contributed by atoms with Crippen molar-refractivity contribution in [3.05, 3.63) is 11.4 Å². The van der Waals surface area contributed by atoms with E-state index in [0.717, 1.165) is 25.8 Å². The summed E-state index contributed by atoms with van der Waals surface area (Å²) in [5, 5.41) is 8.42. The topological polar surface area (TPSA) is 30.7 Å². The van der Waals surface area contributed by atoms with Gasteiger partial charge in [-0.2, -0.15) is 0 Å². The summed E-state index contributed by atoms with van der Waals surface area (Å²) in [6.45, 7) is 9.71. The number of hydrogen-bond donors (Lipinski definition) is 0. The maximum Gasteiger partial charge on any atom is 0.0859 e. The molecule has 14 heavy (non-hydrogen) atoms. The SMILES string of the molecule is CCCc1nnn(CC)c1CC(C)C. The van der Waals surface area contributed by atoms with E-state index in [4.69, 9.17) is 0 Å². The second kappa shape index (κ2) is 5.13. The van der Waals surface area contributed by atoms with Gasteiger partial charge in [-0.3, -0.25) is 0 Å². The maximum absolute atomic E-state index is 4.24. The average Bonchev–Trinajstić information content (AvgIpc) is 2.48. The van der Waals surface area contributed by atoms with Gasteiger partial charge in [0.15, 0.2) is 0 Å². The van der Waals surface area contributed by atoms with Crippen LogP contribution in [0, 0.1) is 5.92 Å². The highest BCUT2D eigenvalue weighted by molar-refractivity contribution is 5.11. The Hall–Kier alpha value is -0.860. The van der Waals surface area contributed by atoms with Gasteiger partial charge in [0.2, 0.25) is 0 Å². The highest BCUT2D eigenvalue weighted by Gasteiger charge is 2.12. The molecule has 1 heterocycles. The van der Waals surface area contributed by atoms with Gasteiger partial charge in [-0.15, -0.1) is 5.10 Å². The number of rotatable bonds is 5. The van der Waals surface area contributed by atoms with E-state index in [9.17, 15) is 0 Å². The van der Waals surface area contributed by atoms with Gasteiger partial charge in [0.1, 0.15) is 0 Å². The average molecular weight is 195 g/mol. The first kappa shape index (κ1) is 11.2. The van der Waals surface area contributed by atoms with Crippen LogP contribution in [0.1, 0.15) is 45.5 Å². The summed E-state index contributed by atoms with van der Waals surface area (Å²) in [6, 6.07) is 0. The van der Waals surface area contributed by atoms with Crippen LogP contribution in [0.3, 0.4) is 0 Å². The summed E-state index contributed by atoms with van der Waals surface area (Å²) in [5.74, 6) is 0.675. The van der Waals surface area contributed by atoms with E-state index in [1.165, 1.54) is 11.4 Å². The van der Waals surface area contributed by atoms with E-state index in [1.807, 2.05) is 4.68 Å². The van der Waals surface area contributed by atoms with Gasteiger partial charge in [-0.05, 0) is 25.7 Å². The summed E-state index contributed by atoms with van der Waals surface area (Å²) in [7, 11) is 0. The zero-order chi connectivity index (χ0) is 10.6. The normalized spacial score (nSPS) is 11.2. The van der Waals surface area contributed by atoms with Crippen LogP contribution in [0.2, 0.25) is 0 Å². The van der Waals surface area contributed by atoms with Crippen LogP contribution in [0.4, 0.5) is 0 Å². The summed E-state index contributed by atoms with van der Waals surface area (Å²) < 4.78 is 2.03. The minimum atomic E-state index is 0.675. The van der Waals surface area contributed by atoms with Crippen molar-refractivity contribution < 1.29 is 0 Å². The van der Waals surface area contributed by atoms with Gasteiger partial charge in [0.05, 0.1) is 11.4 Å². The molecular weight excluding hydrogens is 174 g/mol. The molecule has 0 fully saturated rings. The number of aryl methyl sites for hydroxylation is 2. The fourth-order valence-electron chi connectivity index (χ4n) is 1.66. The lowest BCUT2D eigenvalue weighted by atomic mass is 10.0. The quantitative estimate of drug-likeness (QED) is 0.722. The van der Waals surface area contributed by atoms with E-state index in [2.05, 4.69) is 38.0 Å². The third-order valence-electron chi connectivity index (χ3n) is 2.31. The van der Waals surface area contributed by atoms with Crippen LogP contribution in [-0.2, 0) is 19.4 Å². The Morgan fingerprint density at radius 2 is 2.00 bits per heavy atom. The number of hydrogen-bond acceptors (Lipinski definition) is 2. The van der Waals surface area contributed by atoms with Crippen LogP contribution in [0.25, 0.3) is 0 Å². The van der Waals surface area contributed by atoms with E-state index in [-0.39, 0.29) is 0 Å². The molecule has 1 aromatic rings. The van der Waals surface area contributed by atoms with E-state index >= 15 is 0 Å². The molecular formula is C11H21N3. The Morgan fingerprint density at radius 1 is 1.29 bits per heavy atom. The second-order valence-electron chi connectivity index (χ2n) is 4.15. The van der Waals surface area contributed by atoms with Crippen molar-refractivity contribution in [1.29, 1.82) is 0 Å². The third kappa shape index (κ3) is 2.56. The minimum absolute atomic E-state index is 0.675. The predicted octanol–water partition coefficient (Wildman–Crippen LogP) is 2.45. The fourth-order valence-corrected chi connectivity index (χ4v) is 1.66. The molecule has 0 unspecified atom stereocenters. The summed E-state index contributed by atoms with van der Waals surface area (Å²) >= 11 is 0. The van der Waals surface area contributed by atoms with Gasteiger partial charge < -0.3 is 0 Å². The lowest BCUT2D eigenvalue weighted by Gasteiger charge is -2.08. The smallest absolute Gasteiger partial charge is 0.0859 e. The molecule has 0 aliphatic rings. The van der Waals surface area contributed by atoms with Crippen LogP contribution in [0.15, 0.2) is 0 Å². The van der Waals surface area contributed by atoms with Crippen molar-refractivity contribution in [1.82, 2.24) is 15.0 Å². The molecule has 3 nitrogen and oxygen atoms in total. The van der Waals surface area contributed by atoms with Crippen molar-refractivity contribution in [3.63, 3.8) is 0 Å². The fraction of sp³-hybridized carbons (Fsp3) is 0.818. The summed E-state index contributed by atoms with van der Waals surface area (Å²) in [4.78, 5) is 0. The number of aromatic nitrogens is 3. The van der Waals surface area contributed by atoms with Crippen molar-refractivity contribution in [2.45, 2.75) is 53.5 Å². The zero-order valence-electron chi connectivity index (χ0n) is 9.75. The van der Waals surface area contributed by atoms with Crippen LogP contribution < -0.4 is 0 Å². The zero-order valence-corrected chi connectivity index (χ0v) is 9.75. The largest absolute Gasteiger partial charge is 0.249 e. The molecule has 0 bridgehead atoms. The van der Waals surface area contributed by atoms with E-state index < -0.39 is 0 Å². The first-order chi connectivity index (χ1) is 6.69. The van der Waals surface area contributed by atoms with E-state index in [0.29, 0.717) is 5.92 Å². The Bertz CT molecular complexity index is 276. The third-order valence-corrected chi connectivity index (χ3v) is 2.31. The molecule has 0 radical (unpaired) electrons. The highest BCUT2D eigenvalue weighted by Crippen LogP contribution is 2.13. The Balaban J connectivity index is 2.87. The van der Waals surface area contributed by atoms with E-state index in [1.54, 1.807) is 0 Å². The van der Waals surface area contributed by atoms with Gasteiger partial charge in [-0.1, -0.05) is 32.4 Å². The van der Waals surface area contributed by atoms with Crippen LogP contribution in [-0.4, -0.2) is 15.0 Å². The van der Waals surface area contributed by atoms with Gasteiger partial charge in [0.25, 0.3) is 0 Å². The molecule has 0 saturated carbocycles. The van der Waals surface area contributed by atoms with Gasteiger partial charge in [-0.25, -0.2) is 4.68 Å². The molecule has 1 rings (SSSR count). The first-order valence-electron chi connectivity index (χ1n) is 5.60. The molecule has 0 spiro atoms. The standard InChI is InChI=1S/C11H21N3/c1-5-7-10-11(8-9(3)4)14(6-2)13-12-10/h9H,5-8H2,1-4H3. The Morgan fingerprint density at radius 3 is 2.50 bits per heavy atom. The highest BCUT2D eigenvalue weighted by atomic mass is 15.4. The molecule has 3 heteroatoms. The molecule has 0 saturated heterocycles. The summed E-state index contributed by atoms with van der Waals surface area (Å²) in [5.41, 5.74) is 2.53. The first-order valence-corrected chi connectivity index (χ1v) is 5.60. The molecule has 0 aromatic carbocycles. The molecule has 1 aromatic heterocycles. The lowest BCUT2D eigenvalue weighted by molar-refractivity contribution is 0.551. The lowest BCUT2D eigenvalue weighted by Crippen LogP contribution is -2.07.